The van der Waals surface area contributed by atoms with Crippen LogP contribution in [0.15, 0.2) is 54.6 Å². The molecule has 2 aromatic carbocycles. The molecule has 2 atom stereocenters. The van der Waals surface area contributed by atoms with Gasteiger partial charge in [-0.2, -0.15) is 0 Å². The van der Waals surface area contributed by atoms with E-state index in [4.69, 9.17) is 0 Å². The lowest BCUT2D eigenvalue weighted by Gasteiger charge is -2.34. The molecule has 0 saturated carbocycles. The van der Waals surface area contributed by atoms with Crippen molar-refractivity contribution in [1.82, 2.24) is 4.90 Å². The molecular formula is C20H23NO3. The third-order valence-electron chi connectivity index (χ3n) is 4.92. The van der Waals surface area contributed by atoms with Crippen molar-refractivity contribution in [3.63, 3.8) is 0 Å². The number of carboxylic acid groups (broad SMARTS) is 1. The fourth-order valence-corrected chi connectivity index (χ4v) is 3.68. The zero-order chi connectivity index (χ0) is 17.2. The SMILES string of the molecule is CN1CCCC(c2ccccc2C(O)(C(=O)O)c2ccccc2)C1. The summed E-state index contributed by atoms with van der Waals surface area (Å²) in [6.45, 7) is 1.93. The van der Waals surface area contributed by atoms with Crippen molar-refractivity contribution in [1.29, 1.82) is 0 Å². The van der Waals surface area contributed by atoms with Crippen LogP contribution in [0.25, 0.3) is 0 Å². The van der Waals surface area contributed by atoms with Crippen molar-refractivity contribution in [2.24, 2.45) is 0 Å². The van der Waals surface area contributed by atoms with Crippen LogP contribution >= 0.6 is 0 Å². The van der Waals surface area contributed by atoms with E-state index in [0.29, 0.717) is 11.1 Å². The van der Waals surface area contributed by atoms with E-state index < -0.39 is 11.6 Å². The van der Waals surface area contributed by atoms with Crippen molar-refractivity contribution in [2.75, 3.05) is 20.1 Å². The molecule has 1 aliphatic heterocycles. The third kappa shape index (κ3) is 2.95. The van der Waals surface area contributed by atoms with E-state index in [1.165, 1.54) is 0 Å². The van der Waals surface area contributed by atoms with Gasteiger partial charge in [0.15, 0.2) is 0 Å². The van der Waals surface area contributed by atoms with Gasteiger partial charge in [-0.25, -0.2) is 4.79 Å². The Balaban J connectivity index is 2.11. The van der Waals surface area contributed by atoms with Gasteiger partial charge in [-0.15, -0.1) is 0 Å². The molecular weight excluding hydrogens is 302 g/mol. The first-order chi connectivity index (χ1) is 11.5. The summed E-state index contributed by atoms with van der Waals surface area (Å²) in [5, 5.41) is 21.0. The number of carboxylic acids is 1. The molecule has 2 unspecified atom stereocenters. The van der Waals surface area contributed by atoms with Gasteiger partial charge in [0.05, 0.1) is 0 Å². The first kappa shape index (κ1) is 16.7. The number of hydrogen-bond donors (Lipinski definition) is 2. The number of aliphatic carboxylic acids is 1. The molecule has 126 valence electrons. The highest BCUT2D eigenvalue weighted by Crippen LogP contribution is 2.37. The van der Waals surface area contributed by atoms with E-state index in [0.717, 1.165) is 31.5 Å². The van der Waals surface area contributed by atoms with E-state index in [9.17, 15) is 15.0 Å². The van der Waals surface area contributed by atoms with Gasteiger partial charge in [-0.05, 0) is 43.5 Å². The van der Waals surface area contributed by atoms with Gasteiger partial charge in [0.2, 0.25) is 5.60 Å². The van der Waals surface area contributed by atoms with Crippen LogP contribution in [0.1, 0.15) is 35.4 Å². The number of likely N-dealkylation sites (N-methyl/N-ethyl adjacent to an activating group) is 1. The van der Waals surface area contributed by atoms with Crippen LogP contribution in [-0.2, 0) is 10.4 Å². The summed E-state index contributed by atoms with van der Waals surface area (Å²) in [7, 11) is 2.08. The van der Waals surface area contributed by atoms with E-state index in [-0.39, 0.29) is 5.92 Å². The average molecular weight is 325 g/mol. The summed E-state index contributed by atoms with van der Waals surface area (Å²) in [4.78, 5) is 14.3. The standard InChI is InChI=1S/C20H23NO3/c1-21-13-7-8-15(14-21)17-11-5-6-12-18(17)20(24,19(22)23)16-9-3-2-4-10-16/h2-6,9-12,15,24H,7-8,13-14H2,1H3,(H,22,23). The minimum Gasteiger partial charge on any atom is -0.479 e. The lowest BCUT2D eigenvalue weighted by atomic mass is 9.78. The molecule has 4 nitrogen and oxygen atoms in total. The minimum atomic E-state index is -2.03. The highest BCUT2D eigenvalue weighted by molar-refractivity contribution is 5.84. The third-order valence-corrected chi connectivity index (χ3v) is 4.92. The number of piperidine rings is 1. The van der Waals surface area contributed by atoms with Gasteiger partial charge in [0.25, 0.3) is 0 Å². The van der Waals surface area contributed by atoms with Gasteiger partial charge in [0, 0.05) is 12.1 Å². The summed E-state index contributed by atoms with van der Waals surface area (Å²) in [6.07, 6.45) is 2.08. The predicted octanol–water partition coefficient (Wildman–Crippen LogP) is 2.82. The van der Waals surface area contributed by atoms with Gasteiger partial charge >= 0.3 is 5.97 Å². The molecule has 1 saturated heterocycles. The summed E-state index contributed by atoms with van der Waals surface area (Å²) in [5.41, 5.74) is -0.246. The number of benzene rings is 2. The smallest absolute Gasteiger partial charge is 0.345 e. The monoisotopic (exact) mass is 325 g/mol. The van der Waals surface area contributed by atoms with E-state index >= 15 is 0 Å². The Morgan fingerprint density at radius 2 is 1.79 bits per heavy atom. The molecule has 24 heavy (non-hydrogen) atoms. The molecule has 1 heterocycles. The number of carbonyl (C=O) groups is 1. The maximum Gasteiger partial charge on any atom is 0.345 e. The van der Waals surface area contributed by atoms with Crippen LogP contribution in [0.2, 0.25) is 0 Å². The highest BCUT2D eigenvalue weighted by atomic mass is 16.4. The van der Waals surface area contributed by atoms with Crippen molar-refractivity contribution in [3.8, 4) is 0 Å². The molecule has 3 rings (SSSR count). The van der Waals surface area contributed by atoms with Crippen LogP contribution in [0, 0.1) is 0 Å². The lowest BCUT2D eigenvalue weighted by Crippen LogP contribution is -2.39. The summed E-state index contributed by atoms with van der Waals surface area (Å²) >= 11 is 0. The van der Waals surface area contributed by atoms with Gasteiger partial charge < -0.3 is 15.1 Å². The maximum absolute atomic E-state index is 12.1. The summed E-state index contributed by atoms with van der Waals surface area (Å²) in [6, 6.07) is 16.0. The van der Waals surface area contributed by atoms with E-state index in [1.807, 2.05) is 18.2 Å². The van der Waals surface area contributed by atoms with Gasteiger partial charge in [0.1, 0.15) is 0 Å². The summed E-state index contributed by atoms with van der Waals surface area (Å²) in [5.74, 6) is -1.01. The number of hydrogen-bond acceptors (Lipinski definition) is 3. The molecule has 2 N–H and O–H groups in total. The van der Waals surface area contributed by atoms with Crippen molar-refractivity contribution in [2.45, 2.75) is 24.4 Å². The highest BCUT2D eigenvalue weighted by Gasteiger charge is 2.42. The van der Waals surface area contributed by atoms with Crippen molar-refractivity contribution in [3.05, 3.63) is 71.3 Å². The number of likely N-dealkylation sites (tertiary alicyclic amines) is 1. The number of nitrogens with zero attached hydrogens (tertiary/aromatic N) is 1. The minimum absolute atomic E-state index is 0.231. The van der Waals surface area contributed by atoms with Crippen LogP contribution in [0.5, 0.6) is 0 Å². The summed E-state index contributed by atoms with van der Waals surface area (Å²) < 4.78 is 0. The molecule has 2 aromatic rings. The second-order valence-electron chi connectivity index (χ2n) is 6.57. The Morgan fingerprint density at radius 3 is 2.46 bits per heavy atom. The average Bonchev–Trinajstić information content (AvgIpc) is 2.61. The molecule has 0 amide bonds. The van der Waals surface area contributed by atoms with Crippen molar-refractivity contribution >= 4 is 5.97 Å². The molecule has 4 heteroatoms. The second kappa shape index (κ2) is 6.75. The first-order valence-electron chi connectivity index (χ1n) is 8.32. The Morgan fingerprint density at radius 1 is 1.12 bits per heavy atom. The fraction of sp³-hybridized carbons (Fsp3) is 0.350. The molecule has 1 fully saturated rings. The Bertz CT molecular complexity index is 716. The predicted molar refractivity (Wildman–Crippen MR) is 93.0 cm³/mol. The normalized spacial score (nSPS) is 21.2. The molecule has 0 spiro atoms. The second-order valence-corrected chi connectivity index (χ2v) is 6.57. The van der Waals surface area contributed by atoms with Gasteiger partial charge in [-0.1, -0.05) is 54.6 Å². The Hall–Kier alpha value is -2.17. The molecule has 0 aliphatic carbocycles. The Labute approximate surface area is 142 Å². The molecule has 1 aliphatic rings. The number of rotatable bonds is 4. The van der Waals surface area contributed by atoms with Crippen LogP contribution in [0.4, 0.5) is 0 Å². The topological polar surface area (TPSA) is 60.8 Å². The quantitative estimate of drug-likeness (QED) is 0.907. The van der Waals surface area contributed by atoms with Crippen LogP contribution in [0.3, 0.4) is 0 Å². The van der Waals surface area contributed by atoms with Crippen LogP contribution < -0.4 is 0 Å². The lowest BCUT2D eigenvalue weighted by molar-refractivity contribution is -0.155. The van der Waals surface area contributed by atoms with Gasteiger partial charge in [-0.3, -0.25) is 0 Å². The maximum atomic E-state index is 12.1. The Kier molecular flexibility index (Phi) is 4.69. The first-order valence-corrected chi connectivity index (χ1v) is 8.32. The molecule has 0 aromatic heterocycles. The van der Waals surface area contributed by atoms with Crippen molar-refractivity contribution < 1.29 is 15.0 Å². The van der Waals surface area contributed by atoms with E-state index in [1.54, 1.807) is 36.4 Å². The zero-order valence-electron chi connectivity index (χ0n) is 13.9. The fourth-order valence-electron chi connectivity index (χ4n) is 3.68. The van der Waals surface area contributed by atoms with Crippen LogP contribution in [-0.4, -0.2) is 41.2 Å². The molecule has 0 bridgehead atoms. The van der Waals surface area contributed by atoms with E-state index in [2.05, 4.69) is 11.9 Å². The largest absolute Gasteiger partial charge is 0.479 e. The number of aliphatic hydroxyl groups is 1. The zero-order valence-corrected chi connectivity index (χ0v) is 13.9. The molecule has 0 radical (unpaired) electrons.